The zero-order chi connectivity index (χ0) is 31.4. The molecule has 0 saturated carbocycles. The Labute approximate surface area is 264 Å². The van der Waals surface area contributed by atoms with Gasteiger partial charge in [-0.2, -0.15) is 0 Å². The second-order valence-electron chi connectivity index (χ2n) is 13.7. The van der Waals surface area contributed by atoms with Gasteiger partial charge in [-0.15, -0.1) is 0 Å². The van der Waals surface area contributed by atoms with Gasteiger partial charge in [0.2, 0.25) is 0 Å². The molecule has 2 heterocycles. The van der Waals surface area contributed by atoms with Crippen molar-refractivity contribution in [2.75, 3.05) is 7.11 Å². The average molecular weight is 606 g/mol. The van der Waals surface area contributed by atoms with E-state index in [2.05, 4.69) is 53.7 Å². The third-order valence-electron chi connectivity index (χ3n) is 8.60. The summed E-state index contributed by atoms with van der Waals surface area (Å²) in [5.41, 5.74) is 4.59. The number of thioether (sulfide) groups is 1. The SMILES string of the molecule is COc1ccc2c(c1)O[C@H](c1ccccc1)[C@]1(SC(c3ccccc3)=NC1=O)[C@@H]2c1cc(C(C)(C)C)c(O)c(C(C)(C)C)c1. The number of aromatic hydroxyl groups is 1. The molecule has 5 nitrogen and oxygen atoms in total. The summed E-state index contributed by atoms with van der Waals surface area (Å²) in [5.74, 6) is 0.958. The standard InChI is InChI=1S/C38H39NO4S/c1-36(2,3)28-20-25(21-29(32(28)40)37(4,5)6)31-27-19-18-26(42-7)22-30(27)43-33(23-14-10-8-11-15-23)38(31)35(41)39-34(44-38)24-16-12-9-13-17-24/h8-22,31,33,40H,1-7H3/t31-,33-,38-/m1/s1. The molecule has 1 spiro atoms. The highest BCUT2D eigenvalue weighted by Crippen LogP contribution is 2.62. The van der Waals surface area contributed by atoms with E-state index in [-0.39, 0.29) is 16.7 Å². The van der Waals surface area contributed by atoms with Gasteiger partial charge >= 0.3 is 0 Å². The molecule has 0 fully saturated rings. The van der Waals surface area contributed by atoms with Crippen molar-refractivity contribution in [3.05, 3.63) is 124 Å². The van der Waals surface area contributed by atoms with Crippen LogP contribution in [0.2, 0.25) is 0 Å². The molecule has 4 aromatic rings. The van der Waals surface area contributed by atoms with Crippen molar-refractivity contribution in [1.29, 1.82) is 0 Å². The van der Waals surface area contributed by atoms with Gasteiger partial charge in [0.25, 0.3) is 5.91 Å². The first-order chi connectivity index (χ1) is 20.8. The summed E-state index contributed by atoms with van der Waals surface area (Å²) >= 11 is 1.49. The molecule has 1 amide bonds. The van der Waals surface area contributed by atoms with Crippen molar-refractivity contribution in [2.45, 2.75) is 69.1 Å². The van der Waals surface area contributed by atoms with Crippen LogP contribution in [-0.4, -0.2) is 27.9 Å². The Morgan fingerprint density at radius 3 is 1.98 bits per heavy atom. The number of carbonyl (C=O) groups is 1. The van der Waals surface area contributed by atoms with Crippen molar-refractivity contribution < 1.29 is 19.4 Å². The molecule has 2 aliphatic rings. The second kappa shape index (κ2) is 10.8. The number of ether oxygens (including phenoxy) is 2. The number of fused-ring (bicyclic) bond motifs is 1. The van der Waals surface area contributed by atoms with Gasteiger partial charge in [0.1, 0.15) is 28.4 Å². The number of hydrogen-bond acceptors (Lipinski definition) is 5. The first-order valence-electron chi connectivity index (χ1n) is 15.0. The normalized spacial score (nSPS) is 21.5. The van der Waals surface area contributed by atoms with Crippen molar-refractivity contribution in [1.82, 2.24) is 0 Å². The van der Waals surface area contributed by atoms with Crippen LogP contribution >= 0.6 is 11.8 Å². The molecular formula is C38H39NO4S. The Hall–Kier alpha value is -4.03. The van der Waals surface area contributed by atoms with Gasteiger partial charge in [0.05, 0.1) is 7.11 Å². The Kier molecular flexibility index (Phi) is 7.40. The molecular weight excluding hydrogens is 566 g/mol. The maximum Gasteiger partial charge on any atom is 0.268 e. The summed E-state index contributed by atoms with van der Waals surface area (Å²) in [6.07, 6.45) is -0.652. The van der Waals surface area contributed by atoms with Crippen molar-refractivity contribution in [3.63, 3.8) is 0 Å². The minimum atomic E-state index is -1.16. The van der Waals surface area contributed by atoms with Gasteiger partial charge in [0, 0.05) is 23.1 Å². The fourth-order valence-corrected chi connectivity index (χ4v) is 7.88. The van der Waals surface area contributed by atoms with Crippen molar-refractivity contribution in [2.24, 2.45) is 4.99 Å². The molecule has 0 aromatic heterocycles. The molecule has 6 heteroatoms. The fourth-order valence-electron chi connectivity index (χ4n) is 6.37. The Bertz CT molecular complexity index is 1720. The number of phenolic OH excluding ortho intramolecular Hbond substituents is 1. The second-order valence-corrected chi connectivity index (χ2v) is 15.0. The van der Waals surface area contributed by atoms with Crippen LogP contribution in [0.4, 0.5) is 0 Å². The molecule has 0 bridgehead atoms. The minimum absolute atomic E-state index is 0.232. The lowest BCUT2D eigenvalue weighted by Crippen LogP contribution is -2.49. The highest BCUT2D eigenvalue weighted by molar-refractivity contribution is 8.16. The Morgan fingerprint density at radius 2 is 1.41 bits per heavy atom. The summed E-state index contributed by atoms with van der Waals surface area (Å²) < 4.78 is 11.3. The largest absolute Gasteiger partial charge is 0.507 e. The third kappa shape index (κ3) is 4.99. The number of phenols is 1. The molecule has 3 atom stereocenters. The third-order valence-corrected chi connectivity index (χ3v) is 10.1. The average Bonchev–Trinajstić information content (AvgIpc) is 3.33. The quantitative estimate of drug-likeness (QED) is 0.252. The number of amides is 1. The Morgan fingerprint density at radius 1 is 0.818 bits per heavy atom. The van der Waals surface area contributed by atoms with Crippen LogP contribution in [0, 0.1) is 0 Å². The van der Waals surface area contributed by atoms with Crippen LogP contribution in [0.5, 0.6) is 17.2 Å². The van der Waals surface area contributed by atoms with Crippen LogP contribution in [-0.2, 0) is 15.6 Å². The number of carbonyl (C=O) groups excluding carboxylic acids is 1. The first kappa shape index (κ1) is 30.0. The van der Waals surface area contributed by atoms with Gasteiger partial charge in [-0.1, -0.05) is 132 Å². The predicted octanol–water partition coefficient (Wildman–Crippen LogP) is 8.72. The van der Waals surface area contributed by atoms with E-state index in [0.717, 1.165) is 33.4 Å². The lowest BCUT2D eigenvalue weighted by atomic mass is 9.70. The summed E-state index contributed by atoms with van der Waals surface area (Å²) in [4.78, 5) is 19.4. The zero-order valence-corrected chi connectivity index (χ0v) is 27.2. The van der Waals surface area contributed by atoms with E-state index in [0.29, 0.717) is 22.3 Å². The van der Waals surface area contributed by atoms with Crippen LogP contribution in [0.3, 0.4) is 0 Å². The van der Waals surface area contributed by atoms with Crippen molar-refractivity contribution >= 4 is 22.7 Å². The van der Waals surface area contributed by atoms with Gasteiger partial charge in [-0.25, -0.2) is 4.99 Å². The molecule has 4 aromatic carbocycles. The summed E-state index contributed by atoms with van der Waals surface area (Å²) in [7, 11) is 1.64. The molecule has 2 aliphatic heterocycles. The summed E-state index contributed by atoms with van der Waals surface area (Å²) in [6, 6.07) is 29.8. The zero-order valence-electron chi connectivity index (χ0n) is 26.3. The fraction of sp³-hybridized carbons (Fsp3) is 0.316. The number of hydrogen-bond donors (Lipinski definition) is 1. The number of rotatable bonds is 4. The number of methoxy groups -OCH3 is 1. The highest BCUT2D eigenvalue weighted by atomic mass is 32.2. The lowest BCUT2D eigenvalue weighted by molar-refractivity contribution is -0.123. The van der Waals surface area contributed by atoms with Crippen LogP contribution < -0.4 is 9.47 Å². The smallest absolute Gasteiger partial charge is 0.268 e. The van der Waals surface area contributed by atoms with Crippen molar-refractivity contribution in [3.8, 4) is 17.2 Å². The topological polar surface area (TPSA) is 68.1 Å². The molecule has 6 rings (SSSR count). The minimum Gasteiger partial charge on any atom is -0.507 e. The molecule has 1 N–H and O–H groups in total. The van der Waals surface area contributed by atoms with Crippen LogP contribution in [0.15, 0.2) is 96.0 Å². The summed E-state index contributed by atoms with van der Waals surface area (Å²) in [5, 5.41) is 12.3. The van der Waals surface area contributed by atoms with Gasteiger partial charge < -0.3 is 14.6 Å². The van der Waals surface area contributed by atoms with E-state index in [1.165, 1.54) is 11.8 Å². The molecule has 0 radical (unpaired) electrons. The van der Waals surface area contributed by atoms with E-state index < -0.39 is 16.8 Å². The highest BCUT2D eigenvalue weighted by Gasteiger charge is 2.62. The number of nitrogens with zero attached hydrogens (tertiary/aromatic N) is 1. The monoisotopic (exact) mass is 605 g/mol. The van der Waals surface area contributed by atoms with E-state index in [9.17, 15) is 9.90 Å². The first-order valence-corrected chi connectivity index (χ1v) is 15.8. The molecule has 0 aliphatic carbocycles. The lowest BCUT2D eigenvalue weighted by Gasteiger charge is -2.46. The van der Waals surface area contributed by atoms with E-state index in [4.69, 9.17) is 14.5 Å². The molecule has 44 heavy (non-hydrogen) atoms. The van der Waals surface area contributed by atoms with Crippen LogP contribution in [0.25, 0.3) is 0 Å². The maximum atomic E-state index is 14.7. The molecule has 0 saturated heterocycles. The number of aliphatic imine (C=N–C) groups is 1. The number of benzene rings is 4. The van der Waals surface area contributed by atoms with Gasteiger partial charge in [-0.05, 0) is 39.2 Å². The van der Waals surface area contributed by atoms with E-state index in [1.807, 2.05) is 78.9 Å². The maximum absolute atomic E-state index is 14.7. The van der Waals surface area contributed by atoms with Gasteiger partial charge in [0.15, 0.2) is 4.75 Å². The molecule has 226 valence electrons. The summed E-state index contributed by atoms with van der Waals surface area (Å²) in [6.45, 7) is 12.6. The molecule has 0 unspecified atom stereocenters. The predicted molar refractivity (Wildman–Crippen MR) is 178 cm³/mol. The van der Waals surface area contributed by atoms with Crippen LogP contribution in [0.1, 0.15) is 86.9 Å². The van der Waals surface area contributed by atoms with Gasteiger partial charge in [-0.3, -0.25) is 4.79 Å². The Balaban J connectivity index is 1.69. The van der Waals surface area contributed by atoms with E-state index in [1.54, 1.807) is 7.11 Å². The van der Waals surface area contributed by atoms with E-state index >= 15 is 0 Å².